The third-order valence-corrected chi connectivity index (χ3v) is 3.00. The van der Waals surface area contributed by atoms with Crippen LogP contribution in [0.25, 0.3) is 11.1 Å². The molecule has 1 heterocycles. The molecule has 96 valence electrons. The Morgan fingerprint density at radius 1 is 1.28 bits per heavy atom. The zero-order valence-corrected chi connectivity index (χ0v) is 10.4. The van der Waals surface area contributed by atoms with Gasteiger partial charge in [0.05, 0.1) is 5.69 Å². The SMILES string of the molecule is Cc1c(-c2ccc(F)c(F)c2)c(CCN)nn1C. The molecule has 1 aromatic carbocycles. The van der Waals surface area contributed by atoms with E-state index < -0.39 is 11.6 Å². The largest absolute Gasteiger partial charge is 0.330 e. The van der Waals surface area contributed by atoms with Crippen LogP contribution in [0.1, 0.15) is 11.4 Å². The van der Waals surface area contributed by atoms with Gasteiger partial charge in [0, 0.05) is 24.7 Å². The summed E-state index contributed by atoms with van der Waals surface area (Å²) in [6.07, 6.45) is 0.607. The summed E-state index contributed by atoms with van der Waals surface area (Å²) < 4.78 is 28.0. The van der Waals surface area contributed by atoms with Crippen molar-refractivity contribution in [2.75, 3.05) is 6.54 Å². The molecule has 0 aliphatic rings. The van der Waals surface area contributed by atoms with Gasteiger partial charge in [-0.15, -0.1) is 0 Å². The van der Waals surface area contributed by atoms with Crippen LogP contribution < -0.4 is 5.73 Å². The molecule has 2 aromatic rings. The molecule has 0 saturated heterocycles. The Morgan fingerprint density at radius 2 is 2.00 bits per heavy atom. The van der Waals surface area contributed by atoms with Gasteiger partial charge in [0.15, 0.2) is 11.6 Å². The normalized spacial score (nSPS) is 10.9. The summed E-state index contributed by atoms with van der Waals surface area (Å²) in [6, 6.07) is 3.88. The second-order valence-corrected chi connectivity index (χ2v) is 4.20. The van der Waals surface area contributed by atoms with E-state index in [1.807, 2.05) is 14.0 Å². The highest BCUT2D eigenvalue weighted by Gasteiger charge is 2.15. The number of nitrogens with zero attached hydrogens (tertiary/aromatic N) is 2. The van der Waals surface area contributed by atoms with E-state index in [1.54, 1.807) is 10.7 Å². The molecule has 0 aliphatic carbocycles. The van der Waals surface area contributed by atoms with E-state index in [9.17, 15) is 8.78 Å². The van der Waals surface area contributed by atoms with E-state index in [4.69, 9.17) is 5.73 Å². The molecular formula is C13H15F2N3. The van der Waals surface area contributed by atoms with E-state index >= 15 is 0 Å². The Kier molecular flexibility index (Phi) is 3.43. The molecule has 0 aliphatic heterocycles. The van der Waals surface area contributed by atoms with Crippen LogP contribution in [-0.2, 0) is 13.5 Å². The van der Waals surface area contributed by atoms with Crippen molar-refractivity contribution in [3.63, 3.8) is 0 Å². The monoisotopic (exact) mass is 251 g/mol. The molecule has 0 unspecified atom stereocenters. The van der Waals surface area contributed by atoms with Gasteiger partial charge in [-0.1, -0.05) is 6.07 Å². The van der Waals surface area contributed by atoms with Gasteiger partial charge in [-0.05, 0) is 31.2 Å². The number of nitrogens with two attached hydrogens (primary N) is 1. The molecule has 0 amide bonds. The summed E-state index contributed by atoms with van der Waals surface area (Å²) in [6.45, 7) is 2.36. The van der Waals surface area contributed by atoms with Gasteiger partial charge in [-0.3, -0.25) is 4.68 Å². The van der Waals surface area contributed by atoms with Gasteiger partial charge in [0.25, 0.3) is 0 Å². The molecular weight excluding hydrogens is 236 g/mol. The van der Waals surface area contributed by atoms with Crippen molar-refractivity contribution in [1.29, 1.82) is 0 Å². The third kappa shape index (κ3) is 2.13. The third-order valence-electron chi connectivity index (χ3n) is 3.00. The van der Waals surface area contributed by atoms with Crippen LogP contribution in [0.3, 0.4) is 0 Å². The first-order valence-electron chi connectivity index (χ1n) is 5.72. The summed E-state index contributed by atoms with van der Waals surface area (Å²) in [7, 11) is 1.82. The Hall–Kier alpha value is -1.75. The number of halogens is 2. The molecule has 2 N–H and O–H groups in total. The Labute approximate surface area is 104 Å². The van der Waals surface area contributed by atoms with Crippen LogP contribution in [0.4, 0.5) is 8.78 Å². The van der Waals surface area contributed by atoms with Gasteiger partial charge in [0.2, 0.25) is 0 Å². The topological polar surface area (TPSA) is 43.8 Å². The van der Waals surface area contributed by atoms with E-state index in [0.717, 1.165) is 23.0 Å². The first-order chi connectivity index (χ1) is 8.54. The standard InChI is InChI=1S/C13H15F2N3/c1-8-13(12(5-6-16)17-18(8)2)9-3-4-10(14)11(15)7-9/h3-4,7H,5-6,16H2,1-2H3. The molecule has 0 spiro atoms. The zero-order chi connectivity index (χ0) is 13.3. The maximum atomic E-state index is 13.3. The summed E-state index contributed by atoms with van der Waals surface area (Å²) >= 11 is 0. The van der Waals surface area contributed by atoms with Gasteiger partial charge in [-0.25, -0.2) is 8.78 Å². The van der Waals surface area contributed by atoms with Crippen LogP contribution in [0.2, 0.25) is 0 Å². The van der Waals surface area contributed by atoms with E-state index in [0.29, 0.717) is 18.5 Å². The summed E-state index contributed by atoms with van der Waals surface area (Å²) in [4.78, 5) is 0. The second-order valence-electron chi connectivity index (χ2n) is 4.20. The van der Waals surface area contributed by atoms with Crippen molar-refractivity contribution in [3.8, 4) is 11.1 Å². The minimum absolute atomic E-state index is 0.465. The predicted molar refractivity (Wildman–Crippen MR) is 66.1 cm³/mol. The zero-order valence-electron chi connectivity index (χ0n) is 10.4. The molecule has 0 saturated carbocycles. The fourth-order valence-electron chi connectivity index (χ4n) is 2.02. The smallest absolute Gasteiger partial charge is 0.159 e. The Balaban J connectivity index is 2.58. The average molecular weight is 251 g/mol. The minimum atomic E-state index is -0.852. The second kappa shape index (κ2) is 4.86. The van der Waals surface area contributed by atoms with Gasteiger partial charge >= 0.3 is 0 Å². The molecule has 0 bridgehead atoms. The van der Waals surface area contributed by atoms with E-state index in [-0.39, 0.29) is 0 Å². The summed E-state index contributed by atoms with van der Waals surface area (Å²) in [5, 5.41) is 4.35. The van der Waals surface area contributed by atoms with Crippen molar-refractivity contribution in [2.24, 2.45) is 12.8 Å². The molecule has 0 radical (unpaired) electrons. The molecule has 3 nitrogen and oxygen atoms in total. The van der Waals surface area contributed by atoms with Crippen LogP contribution in [0.15, 0.2) is 18.2 Å². The first-order valence-corrected chi connectivity index (χ1v) is 5.72. The number of hydrogen-bond acceptors (Lipinski definition) is 2. The maximum Gasteiger partial charge on any atom is 0.159 e. The van der Waals surface area contributed by atoms with Crippen LogP contribution >= 0.6 is 0 Å². The molecule has 2 rings (SSSR count). The maximum absolute atomic E-state index is 13.3. The van der Waals surface area contributed by atoms with Gasteiger partial charge in [-0.2, -0.15) is 5.10 Å². The number of rotatable bonds is 3. The molecule has 0 atom stereocenters. The quantitative estimate of drug-likeness (QED) is 0.908. The Morgan fingerprint density at radius 3 is 2.61 bits per heavy atom. The molecule has 18 heavy (non-hydrogen) atoms. The highest BCUT2D eigenvalue weighted by atomic mass is 19.2. The number of aromatic nitrogens is 2. The highest BCUT2D eigenvalue weighted by Crippen LogP contribution is 2.28. The lowest BCUT2D eigenvalue weighted by atomic mass is 10.0. The number of aryl methyl sites for hydroxylation is 1. The van der Waals surface area contributed by atoms with Crippen molar-refractivity contribution in [1.82, 2.24) is 9.78 Å². The van der Waals surface area contributed by atoms with Gasteiger partial charge in [0.1, 0.15) is 0 Å². The van der Waals surface area contributed by atoms with E-state index in [2.05, 4.69) is 5.10 Å². The molecule has 1 aromatic heterocycles. The first kappa shape index (κ1) is 12.7. The lowest BCUT2D eigenvalue weighted by Crippen LogP contribution is -2.04. The van der Waals surface area contributed by atoms with Crippen molar-refractivity contribution < 1.29 is 8.78 Å². The van der Waals surface area contributed by atoms with Crippen LogP contribution in [-0.4, -0.2) is 16.3 Å². The summed E-state index contributed by atoms with van der Waals surface area (Å²) in [5.74, 6) is -1.70. The van der Waals surface area contributed by atoms with Gasteiger partial charge < -0.3 is 5.73 Å². The Bertz CT molecular complexity index is 576. The fourth-order valence-corrected chi connectivity index (χ4v) is 2.02. The van der Waals surface area contributed by atoms with Crippen molar-refractivity contribution in [2.45, 2.75) is 13.3 Å². The lowest BCUT2D eigenvalue weighted by molar-refractivity contribution is 0.509. The molecule has 0 fully saturated rings. The van der Waals surface area contributed by atoms with E-state index in [1.165, 1.54) is 6.07 Å². The van der Waals surface area contributed by atoms with Crippen molar-refractivity contribution in [3.05, 3.63) is 41.2 Å². The summed E-state index contributed by atoms with van der Waals surface area (Å²) in [5.41, 5.74) is 8.72. The predicted octanol–water partition coefficient (Wildman–Crippen LogP) is 2.17. The van der Waals surface area contributed by atoms with Crippen LogP contribution in [0.5, 0.6) is 0 Å². The lowest BCUT2D eigenvalue weighted by Gasteiger charge is -2.04. The number of hydrogen-bond donors (Lipinski definition) is 1. The highest BCUT2D eigenvalue weighted by molar-refractivity contribution is 5.68. The van der Waals surface area contributed by atoms with Crippen molar-refractivity contribution >= 4 is 0 Å². The average Bonchev–Trinajstić information content (AvgIpc) is 2.60. The molecule has 5 heteroatoms. The van der Waals surface area contributed by atoms with Crippen LogP contribution in [0, 0.1) is 18.6 Å². The fraction of sp³-hybridized carbons (Fsp3) is 0.308. The minimum Gasteiger partial charge on any atom is -0.330 e. The number of benzene rings is 1.